The van der Waals surface area contributed by atoms with Gasteiger partial charge in [0.15, 0.2) is 0 Å². The van der Waals surface area contributed by atoms with Crippen molar-refractivity contribution in [2.24, 2.45) is 0 Å². The van der Waals surface area contributed by atoms with Gasteiger partial charge in [-0.05, 0) is 36.4 Å². The predicted molar refractivity (Wildman–Crippen MR) is 93.5 cm³/mol. The SMILES string of the molecule is c1ccc(-c2ccc3nc(-c4cnc5[nH]ccc5c4)cn3c2)nc1. The molecular formula is C19H13N5. The summed E-state index contributed by atoms with van der Waals surface area (Å²) in [5, 5.41) is 1.08. The van der Waals surface area contributed by atoms with Crippen molar-refractivity contribution in [3.8, 4) is 22.5 Å². The van der Waals surface area contributed by atoms with E-state index in [1.807, 2.05) is 59.4 Å². The third kappa shape index (κ3) is 2.06. The molecule has 114 valence electrons. The Bertz CT molecular complexity index is 1150. The number of hydrogen-bond acceptors (Lipinski definition) is 3. The van der Waals surface area contributed by atoms with E-state index in [1.165, 1.54) is 0 Å². The Hall–Kier alpha value is -3.47. The van der Waals surface area contributed by atoms with E-state index in [0.29, 0.717) is 0 Å². The molecule has 0 aromatic carbocycles. The van der Waals surface area contributed by atoms with E-state index >= 15 is 0 Å². The topological polar surface area (TPSA) is 58.9 Å². The molecule has 0 aliphatic heterocycles. The molecule has 5 heteroatoms. The van der Waals surface area contributed by atoms with Gasteiger partial charge in [-0.2, -0.15) is 0 Å². The highest BCUT2D eigenvalue weighted by Gasteiger charge is 2.08. The zero-order chi connectivity index (χ0) is 15.9. The number of H-pyrrole nitrogens is 1. The van der Waals surface area contributed by atoms with Gasteiger partial charge in [0.25, 0.3) is 0 Å². The summed E-state index contributed by atoms with van der Waals surface area (Å²) >= 11 is 0. The molecule has 0 atom stereocenters. The lowest BCUT2D eigenvalue weighted by Gasteiger charge is -2.00. The Morgan fingerprint density at radius 2 is 1.88 bits per heavy atom. The van der Waals surface area contributed by atoms with E-state index in [1.54, 1.807) is 6.20 Å². The van der Waals surface area contributed by atoms with E-state index in [2.05, 4.69) is 27.2 Å². The van der Waals surface area contributed by atoms with Gasteiger partial charge < -0.3 is 9.38 Å². The first-order valence-electron chi connectivity index (χ1n) is 7.70. The lowest BCUT2D eigenvalue weighted by Crippen LogP contribution is -1.87. The standard InChI is InChI=1S/C19H13N5/c1-2-7-20-16(3-1)14-4-5-18-23-17(12-24(18)11-14)15-9-13-6-8-21-19(13)22-10-15/h1-12H,(H,21,22). The quantitative estimate of drug-likeness (QED) is 0.537. The minimum Gasteiger partial charge on any atom is -0.346 e. The predicted octanol–water partition coefficient (Wildman–Crippen LogP) is 3.94. The molecule has 0 spiro atoms. The van der Waals surface area contributed by atoms with Gasteiger partial charge in [0.2, 0.25) is 0 Å². The molecule has 0 bridgehead atoms. The largest absolute Gasteiger partial charge is 0.346 e. The van der Waals surface area contributed by atoms with Gasteiger partial charge >= 0.3 is 0 Å². The fourth-order valence-corrected chi connectivity index (χ4v) is 2.90. The second-order valence-electron chi connectivity index (χ2n) is 5.66. The molecule has 0 aliphatic carbocycles. The van der Waals surface area contributed by atoms with Crippen LogP contribution >= 0.6 is 0 Å². The van der Waals surface area contributed by atoms with Gasteiger partial charge in [-0.25, -0.2) is 9.97 Å². The van der Waals surface area contributed by atoms with Crippen molar-refractivity contribution < 1.29 is 0 Å². The summed E-state index contributed by atoms with van der Waals surface area (Å²) in [5.41, 5.74) is 5.71. The van der Waals surface area contributed by atoms with Crippen LogP contribution in [-0.2, 0) is 0 Å². The first kappa shape index (κ1) is 13.0. The first-order chi connectivity index (χ1) is 11.9. The number of hydrogen-bond donors (Lipinski definition) is 1. The van der Waals surface area contributed by atoms with Gasteiger partial charge in [-0.15, -0.1) is 0 Å². The Morgan fingerprint density at radius 1 is 0.875 bits per heavy atom. The van der Waals surface area contributed by atoms with Crippen LogP contribution in [0.4, 0.5) is 0 Å². The fourth-order valence-electron chi connectivity index (χ4n) is 2.90. The minimum absolute atomic E-state index is 0.889. The van der Waals surface area contributed by atoms with Crippen LogP contribution in [0.15, 0.2) is 73.4 Å². The van der Waals surface area contributed by atoms with Crippen molar-refractivity contribution in [1.82, 2.24) is 24.3 Å². The van der Waals surface area contributed by atoms with Gasteiger partial charge in [0.05, 0.1) is 11.4 Å². The van der Waals surface area contributed by atoms with Crippen LogP contribution in [0.25, 0.3) is 39.2 Å². The molecule has 5 aromatic rings. The van der Waals surface area contributed by atoms with Gasteiger partial charge in [0.1, 0.15) is 11.3 Å². The van der Waals surface area contributed by atoms with E-state index in [-0.39, 0.29) is 0 Å². The van der Waals surface area contributed by atoms with Gasteiger partial charge in [-0.1, -0.05) is 6.07 Å². The minimum atomic E-state index is 0.889. The number of rotatable bonds is 2. The molecule has 5 aromatic heterocycles. The number of nitrogens with zero attached hydrogens (tertiary/aromatic N) is 4. The summed E-state index contributed by atoms with van der Waals surface area (Å²) in [6.45, 7) is 0. The van der Waals surface area contributed by atoms with Crippen molar-refractivity contribution in [3.63, 3.8) is 0 Å². The third-order valence-electron chi connectivity index (χ3n) is 4.11. The molecule has 0 saturated carbocycles. The summed E-state index contributed by atoms with van der Waals surface area (Å²) in [6, 6.07) is 14.1. The summed E-state index contributed by atoms with van der Waals surface area (Å²) in [7, 11) is 0. The van der Waals surface area contributed by atoms with Crippen molar-refractivity contribution in [1.29, 1.82) is 0 Å². The molecule has 0 aliphatic rings. The van der Waals surface area contributed by atoms with Gasteiger partial charge in [-0.3, -0.25) is 4.98 Å². The van der Waals surface area contributed by atoms with E-state index in [0.717, 1.165) is 39.2 Å². The Kier molecular flexibility index (Phi) is 2.72. The number of fused-ring (bicyclic) bond motifs is 2. The zero-order valence-electron chi connectivity index (χ0n) is 12.7. The maximum absolute atomic E-state index is 4.70. The molecule has 0 unspecified atom stereocenters. The molecule has 5 rings (SSSR count). The van der Waals surface area contributed by atoms with Crippen LogP contribution in [0.1, 0.15) is 0 Å². The Labute approximate surface area is 137 Å². The zero-order valence-corrected chi connectivity index (χ0v) is 12.7. The molecule has 5 nitrogen and oxygen atoms in total. The number of nitrogens with one attached hydrogen (secondary N) is 1. The Balaban J connectivity index is 1.62. The van der Waals surface area contributed by atoms with Gasteiger partial charge in [0, 0.05) is 47.5 Å². The Morgan fingerprint density at radius 3 is 2.79 bits per heavy atom. The average molecular weight is 311 g/mol. The van der Waals surface area contributed by atoms with E-state index in [9.17, 15) is 0 Å². The summed E-state index contributed by atoms with van der Waals surface area (Å²) < 4.78 is 2.03. The summed E-state index contributed by atoms with van der Waals surface area (Å²) in [6.07, 6.45) is 9.62. The number of imidazole rings is 1. The molecular weight excluding hydrogens is 298 g/mol. The molecule has 0 fully saturated rings. The second-order valence-corrected chi connectivity index (χ2v) is 5.66. The number of aromatic nitrogens is 5. The van der Waals surface area contributed by atoms with Crippen LogP contribution in [0.3, 0.4) is 0 Å². The van der Waals surface area contributed by atoms with Crippen LogP contribution in [-0.4, -0.2) is 24.3 Å². The molecule has 1 N–H and O–H groups in total. The lowest BCUT2D eigenvalue weighted by atomic mass is 10.2. The highest BCUT2D eigenvalue weighted by atomic mass is 15.0. The number of pyridine rings is 3. The van der Waals surface area contributed by atoms with Crippen LogP contribution in [0, 0.1) is 0 Å². The van der Waals surface area contributed by atoms with Crippen LogP contribution < -0.4 is 0 Å². The molecule has 0 radical (unpaired) electrons. The normalized spacial score (nSPS) is 11.3. The third-order valence-corrected chi connectivity index (χ3v) is 4.11. The average Bonchev–Trinajstić information content (AvgIpc) is 3.27. The summed E-state index contributed by atoms with van der Waals surface area (Å²) in [5.74, 6) is 0. The van der Waals surface area contributed by atoms with E-state index in [4.69, 9.17) is 4.98 Å². The molecule has 0 amide bonds. The highest BCUT2D eigenvalue weighted by Crippen LogP contribution is 2.24. The maximum Gasteiger partial charge on any atom is 0.137 e. The summed E-state index contributed by atoms with van der Waals surface area (Å²) in [4.78, 5) is 16.6. The smallest absolute Gasteiger partial charge is 0.137 e. The molecule has 24 heavy (non-hydrogen) atoms. The van der Waals surface area contributed by atoms with Crippen molar-refractivity contribution in [2.45, 2.75) is 0 Å². The van der Waals surface area contributed by atoms with Crippen LogP contribution in [0.5, 0.6) is 0 Å². The van der Waals surface area contributed by atoms with Crippen molar-refractivity contribution >= 4 is 16.7 Å². The highest BCUT2D eigenvalue weighted by molar-refractivity contribution is 5.80. The van der Waals surface area contributed by atoms with Crippen molar-refractivity contribution in [3.05, 3.63) is 73.4 Å². The second kappa shape index (κ2) is 5.03. The van der Waals surface area contributed by atoms with Crippen molar-refractivity contribution in [2.75, 3.05) is 0 Å². The lowest BCUT2D eigenvalue weighted by molar-refractivity contribution is 1.18. The van der Waals surface area contributed by atoms with E-state index < -0.39 is 0 Å². The first-order valence-corrected chi connectivity index (χ1v) is 7.70. The maximum atomic E-state index is 4.70. The molecule has 5 heterocycles. The molecule has 0 saturated heterocycles. The fraction of sp³-hybridized carbons (Fsp3) is 0. The monoisotopic (exact) mass is 311 g/mol. The number of aromatic amines is 1. The van der Waals surface area contributed by atoms with Crippen LogP contribution in [0.2, 0.25) is 0 Å².